The molecule has 0 fully saturated rings. The van der Waals surface area contributed by atoms with Gasteiger partial charge in [-0.2, -0.15) is 5.10 Å². The molecule has 4 aromatic rings. The number of aryl methyl sites for hydroxylation is 2. The fourth-order valence-electron chi connectivity index (χ4n) is 3.05. The molecule has 0 amide bonds. The molecular weight excluding hydrogens is 500 g/mol. The molecule has 0 spiro atoms. The van der Waals surface area contributed by atoms with E-state index in [1.54, 1.807) is 12.4 Å². The van der Waals surface area contributed by atoms with Gasteiger partial charge in [-0.25, -0.2) is 0 Å². The van der Waals surface area contributed by atoms with Crippen molar-refractivity contribution in [3.8, 4) is 28.5 Å². The van der Waals surface area contributed by atoms with E-state index in [1.807, 2.05) is 36.4 Å². The van der Waals surface area contributed by atoms with Crippen LogP contribution < -0.4 is 0 Å². The first kappa shape index (κ1) is 18.2. The van der Waals surface area contributed by atoms with E-state index in [4.69, 9.17) is 0 Å². The van der Waals surface area contributed by atoms with Crippen LogP contribution in [0.5, 0.6) is 0 Å². The first-order valence-electron chi connectivity index (χ1n) is 8.15. The molecule has 2 aromatic carbocycles. The zero-order valence-corrected chi connectivity index (χ0v) is 16.9. The predicted molar refractivity (Wildman–Crippen MR) is 98.3 cm³/mol. The number of rotatable bonds is 3. The fraction of sp³-hybridized carbons (Fsp3) is 0.0952. The Hall–Kier alpha value is -2.62. The summed E-state index contributed by atoms with van der Waals surface area (Å²) in [7, 11) is 0. The largest absolute Gasteiger partial charge is 0.316 e. The van der Waals surface area contributed by atoms with Crippen molar-refractivity contribution in [3.63, 3.8) is 0 Å². The Kier molecular flexibility index (Phi) is 5.40. The van der Waals surface area contributed by atoms with E-state index in [2.05, 4.69) is 57.9 Å². The quantitative estimate of drug-likeness (QED) is 0.378. The Labute approximate surface area is 166 Å². The molecule has 2 aromatic heterocycles. The molecule has 0 aliphatic rings. The van der Waals surface area contributed by atoms with Crippen LogP contribution in [0.2, 0.25) is 0 Å². The summed E-state index contributed by atoms with van der Waals surface area (Å²) in [5.41, 5.74) is 5.34. The third-order valence-corrected chi connectivity index (χ3v) is 4.21. The monoisotopic (exact) mass is 518 g/mol. The molecule has 0 N–H and O–H groups in total. The average molecular weight is 518 g/mol. The predicted octanol–water partition coefficient (Wildman–Crippen LogP) is 4.41. The summed E-state index contributed by atoms with van der Waals surface area (Å²) in [6.07, 6.45) is 3.54. The van der Waals surface area contributed by atoms with Gasteiger partial charge in [-0.05, 0) is 37.1 Å². The van der Waals surface area contributed by atoms with Gasteiger partial charge < -0.3 is 4.57 Å². The van der Waals surface area contributed by atoms with Gasteiger partial charge in [0.15, 0.2) is 5.82 Å². The number of aromatic nitrogens is 4. The summed E-state index contributed by atoms with van der Waals surface area (Å²) >= 11 is 0. The van der Waals surface area contributed by atoms with Crippen molar-refractivity contribution < 1.29 is 20.1 Å². The van der Waals surface area contributed by atoms with Crippen LogP contribution in [0, 0.1) is 19.9 Å². The molecule has 5 heteroatoms. The number of hydrogen-bond donors (Lipinski definition) is 0. The number of nitrogens with zero attached hydrogens (tertiary/aromatic N) is 4. The van der Waals surface area contributed by atoms with Crippen LogP contribution in [0.15, 0.2) is 67.0 Å². The van der Waals surface area contributed by atoms with Gasteiger partial charge in [-0.15, -0.1) is 41.0 Å². The molecular formula is C21H17IrN4-. The zero-order chi connectivity index (χ0) is 17.2. The minimum atomic E-state index is 0. The van der Waals surface area contributed by atoms with Crippen LogP contribution in [0.4, 0.5) is 0 Å². The van der Waals surface area contributed by atoms with E-state index in [1.165, 1.54) is 11.1 Å². The summed E-state index contributed by atoms with van der Waals surface area (Å²) in [5, 5.41) is 8.97. The Morgan fingerprint density at radius 3 is 2.15 bits per heavy atom. The van der Waals surface area contributed by atoms with Gasteiger partial charge in [0.2, 0.25) is 0 Å². The van der Waals surface area contributed by atoms with Gasteiger partial charge >= 0.3 is 0 Å². The van der Waals surface area contributed by atoms with E-state index in [9.17, 15) is 0 Å². The summed E-state index contributed by atoms with van der Waals surface area (Å²) in [6.45, 7) is 4.22. The SMILES string of the molecule is Cc1cccc(C)c1-n1c(-c2[c-]cccc2)nnc1-c1ccncc1.[Ir]. The molecule has 26 heavy (non-hydrogen) atoms. The molecule has 0 aliphatic heterocycles. The molecule has 0 unspecified atom stereocenters. The normalized spacial score (nSPS) is 10.4. The molecule has 0 saturated carbocycles. The summed E-state index contributed by atoms with van der Waals surface area (Å²) < 4.78 is 2.12. The van der Waals surface area contributed by atoms with Crippen molar-refractivity contribution in [2.75, 3.05) is 0 Å². The molecule has 0 saturated heterocycles. The van der Waals surface area contributed by atoms with E-state index in [0.717, 1.165) is 28.5 Å². The molecule has 0 bridgehead atoms. The van der Waals surface area contributed by atoms with E-state index in [0.29, 0.717) is 0 Å². The number of para-hydroxylation sites is 1. The van der Waals surface area contributed by atoms with Gasteiger partial charge in [0.25, 0.3) is 0 Å². The molecule has 4 rings (SSSR count). The number of hydrogen-bond acceptors (Lipinski definition) is 3. The third kappa shape index (κ3) is 3.24. The van der Waals surface area contributed by atoms with Crippen LogP contribution in [0.1, 0.15) is 11.1 Å². The van der Waals surface area contributed by atoms with Gasteiger partial charge in [-0.3, -0.25) is 4.98 Å². The Balaban J connectivity index is 0.00000196. The molecule has 0 atom stereocenters. The number of pyridine rings is 1. The van der Waals surface area contributed by atoms with Crippen molar-refractivity contribution in [2.45, 2.75) is 13.8 Å². The summed E-state index contributed by atoms with van der Waals surface area (Å²) in [4.78, 5) is 4.11. The second kappa shape index (κ2) is 7.73. The van der Waals surface area contributed by atoms with Crippen LogP contribution in [0.3, 0.4) is 0 Å². The topological polar surface area (TPSA) is 43.6 Å². The fourth-order valence-corrected chi connectivity index (χ4v) is 3.05. The van der Waals surface area contributed by atoms with Crippen LogP contribution in [0.25, 0.3) is 28.5 Å². The van der Waals surface area contributed by atoms with E-state index >= 15 is 0 Å². The van der Waals surface area contributed by atoms with Crippen LogP contribution in [-0.2, 0) is 20.1 Å². The molecule has 4 nitrogen and oxygen atoms in total. The second-order valence-electron chi connectivity index (χ2n) is 5.94. The van der Waals surface area contributed by atoms with Crippen molar-refractivity contribution in [3.05, 3.63) is 84.2 Å². The van der Waals surface area contributed by atoms with Gasteiger partial charge in [0.05, 0.1) is 5.82 Å². The summed E-state index contributed by atoms with van der Waals surface area (Å²) in [5.74, 6) is 1.58. The third-order valence-electron chi connectivity index (χ3n) is 4.21. The maximum absolute atomic E-state index is 4.49. The van der Waals surface area contributed by atoms with Gasteiger partial charge in [0.1, 0.15) is 0 Å². The molecule has 131 valence electrons. The Morgan fingerprint density at radius 1 is 0.808 bits per heavy atom. The van der Waals surface area contributed by atoms with Crippen molar-refractivity contribution in [1.29, 1.82) is 0 Å². The molecule has 1 radical (unpaired) electrons. The van der Waals surface area contributed by atoms with Crippen LogP contribution in [-0.4, -0.2) is 19.7 Å². The first-order chi connectivity index (χ1) is 12.3. The summed E-state index contributed by atoms with van der Waals surface area (Å²) in [6, 6.07) is 21.3. The maximum Gasteiger partial charge on any atom is 0.159 e. The van der Waals surface area contributed by atoms with Gasteiger partial charge in [0, 0.05) is 43.7 Å². The molecule has 0 aliphatic carbocycles. The van der Waals surface area contributed by atoms with Crippen molar-refractivity contribution >= 4 is 0 Å². The second-order valence-corrected chi connectivity index (χ2v) is 5.94. The molecule has 2 heterocycles. The first-order valence-corrected chi connectivity index (χ1v) is 8.15. The zero-order valence-electron chi connectivity index (χ0n) is 14.5. The Bertz CT molecular complexity index is 934. The van der Waals surface area contributed by atoms with E-state index in [-0.39, 0.29) is 20.1 Å². The Morgan fingerprint density at radius 2 is 1.50 bits per heavy atom. The van der Waals surface area contributed by atoms with Crippen molar-refractivity contribution in [2.24, 2.45) is 0 Å². The minimum absolute atomic E-state index is 0. The smallest absolute Gasteiger partial charge is 0.159 e. The van der Waals surface area contributed by atoms with Crippen molar-refractivity contribution in [1.82, 2.24) is 19.7 Å². The average Bonchev–Trinajstić information content (AvgIpc) is 3.08. The van der Waals surface area contributed by atoms with Gasteiger partial charge in [-0.1, -0.05) is 18.2 Å². The minimum Gasteiger partial charge on any atom is -0.316 e. The van der Waals surface area contributed by atoms with Crippen LogP contribution >= 0.6 is 0 Å². The number of benzene rings is 2. The van der Waals surface area contributed by atoms with E-state index < -0.39 is 0 Å². The maximum atomic E-state index is 4.49. The standard InChI is InChI=1S/C21H17N4.Ir/c1-15-7-6-8-16(2)19(15)25-20(17-9-4-3-5-10-17)23-24-21(25)18-11-13-22-14-12-18;/h3-9,11-14H,1-2H3;/q-1;.